The number of hydrogen-bond acceptors (Lipinski definition) is 5. The smallest absolute Gasteiger partial charge is 0.264 e. The summed E-state index contributed by atoms with van der Waals surface area (Å²) < 4.78 is 39.3. The van der Waals surface area contributed by atoms with Gasteiger partial charge in [0, 0.05) is 19.2 Å². The van der Waals surface area contributed by atoms with Crippen LogP contribution in [-0.2, 0) is 14.8 Å². The molecular weight excluding hydrogens is 404 g/mol. The summed E-state index contributed by atoms with van der Waals surface area (Å²) in [6.45, 7) is 0.568. The summed E-state index contributed by atoms with van der Waals surface area (Å²) >= 11 is 0. The third-order valence-corrected chi connectivity index (χ3v) is 7.48. The monoisotopic (exact) mass is 430 g/mol. The van der Waals surface area contributed by atoms with Crippen molar-refractivity contribution in [1.82, 2.24) is 4.90 Å². The first-order valence-corrected chi connectivity index (χ1v) is 11.6. The average Bonchev–Trinajstić information content (AvgIpc) is 3.32. The molecule has 0 saturated heterocycles. The zero-order chi connectivity index (χ0) is 21.1. The van der Waals surface area contributed by atoms with Crippen molar-refractivity contribution in [2.24, 2.45) is 0 Å². The van der Waals surface area contributed by atoms with Gasteiger partial charge in [-0.1, -0.05) is 31.0 Å². The fourth-order valence-corrected chi connectivity index (χ4v) is 5.38. The van der Waals surface area contributed by atoms with Gasteiger partial charge in [0.1, 0.15) is 19.8 Å². The molecule has 1 aliphatic carbocycles. The molecule has 0 bridgehead atoms. The van der Waals surface area contributed by atoms with Crippen molar-refractivity contribution in [1.29, 1.82) is 0 Å². The summed E-state index contributed by atoms with van der Waals surface area (Å²) in [6.07, 6.45) is 4.10. The zero-order valence-electron chi connectivity index (χ0n) is 17.0. The second-order valence-corrected chi connectivity index (χ2v) is 9.46. The predicted molar refractivity (Wildman–Crippen MR) is 113 cm³/mol. The van der Waals surface area contributed by atoms with E-state index in [4.69, 9.17) is 9.47 Å². The van der Waals surface area contributed by atoms with Crippen LogP contribution in [0.5, 0.6) is 11.5 Å². The highest BCUT2D eigenvalue weighted by molar-refractivity contribution is 7.92. The molecular formula is C22H26N2O5S. The second-order valence-electron chi connectivity index (χ2n) is 7.60. The van der Waals surface area contributed by atoms with Gasteiger partial charge in [0.15, 0.2) is 11.5 Å². The van der Waals surface area contributed by atoms with Crippen LogP contribution < -0.4 is 13.8 Å². The summed E-state index contributed by atoms with van der Waals surface area (Å²) in [7, 11) is -2.18. The highest BCUT2D eigenvalue weighted by Gasteiger charge is 2.31. The highest BCUT2D eigenvalue weighted by Crippen LogP contribution is 2.36. The molecule has 8 heteroatoms. The minimum Gasteiger partial charge on any atom is -0.486 e. The maximum absolute atomic E-state index is 13.5. The van der Waals surface area contributed by atoms with Crippen LogP contribution in [0.15, 0.2) is 53.4 Å². The van der Waals surface area contributed by atoms with Gasteiger partial charge in [-0.15, -0.1) is 0 Å². The van der Waals surface area contributed by atoms with Crippen molar-refractivity contribution in [3.05, 3.63) is 48.5 Å². The molecule has 1 heterocycles. The van der Waals surface area contributed by atoms with Crippen LogP contribution in [0.3, 0.4) is 0 Å². The Balaban J connectivity index is 1.69. The molecule has 1 amide bonds. The fraction of sp³-hybridized carbons (Fsp3) is 0.409. The van der Waals surface area contributed by atoms with Gasteiger partial charge in [0.25, 0.3) is 10.0 Å². The minimum atomic E-state index is -3.94. The molecule has 0 aromatic heterocycles. The van der Waals surface area contributed by atoms with E-state index in [1.807, 2.05) is 0 Å². The summed E-state index contributed by atoms with van der Waals surface area (Å²) in [5, 5.41) is 0. The van der Waals surface area contributed by atoms with E-state index in [9.17, 15) is 13.2 Å². The Bertz CT molecular complexity index is 1000. The van der Waals surface area contributed by atoms with E-state index >= 15 is 0 Å². The molecule has 7 nitrogen and oxygen atoms in total. The summed E-state index contributed by atoms with van der Waals surface area (Å²) in [6, 6.07) is 13.3. The first-order valence-electron chi connectivity index (χ1n) is 10.2. The van der Waals surface area contributed by atoms with Crippen LogP contribution in [-0.4, -0.2) is 52.1 Å². The van der Waals surface area contributed by atoms with Gasteiger partial charge in [0.05, 0.1) is 10.6 Å². The van der Waals surface area contributed by atoms with E-state index in [1.54, 1.807) is 48.3 Å². The van der Waals surface area contributed by atoms with Crippen molar-refractivity contribution in [3.63, 3.8) is 0 Å². The lowest BCUT2D eigenvalue weighted by Gasteiger charge is -2.30. The number of amides is 1. The van der Waals surface area contributed by atoms with Crippen molar-refractivity contribution in [2.45, 2.75) is 36.6 Å². The molecule has 0 atom stereocenters. The van der Waals surface area contributed by atoms with Crippen molar-refractivity contribution in [3.8, 4) is 11.5 Å². The molecule has 4 rings (SSSR count). The fourth-order valence-electron chi connectivity index (χ4n) is 3.95. The Morgan fingerprint density at radius 3 is 2.37 bits per heavy atom. The predicted octanol–water partition coefficient (Wildman–Crippen LogP) is 3.05. The highest BCUT2D eigenvalue weighted by atomic mass is 32.2. The molecule has 0 N–H and O–H groups in total. The van der Waals surface area contributed by atoms with Gasteiger partial charge in [-0.2, -0.15) is 0 Å². The van der Waals surface area contributed by atoms with Gasteiger partial charge in [-0.05, 0) is 37.1 Å². The van der Waals surface area contributed by atoms with Gasteiger partial charge in [0.2, 0.25) is 5.91 Å². The van der Waals surface area contributed by atoms with Crippen LogP contribution in [0.25, 0.3) is 0 Å². The lowest BCUT2D eigenvalue weighted by Crippen LogP contribution is -2.44. The molecule has 1 aliphatic heterocycles. The Hall–Kier alpha value is -2.74. The van der Waals surface area contributed by atoms with E-state index in [0.29, 0.717) is 30.4 Å². The van der Waals surface area contributed by atoms with Gasteiger partial charge >= 0.3 is 0 Å². The third-order valence-electron chi connectivity index (χ3n) is 5.69. The molecule has 2 aromatic carbocycles. The first kappa shape index (κ1) is 20.5. The zero-order valence-corrected chi connectivity index (χ0v) is 17.8. The van der Waals surface area contributed by atoms with Crippen molar-refractivity contribution in [2.75, 3.05) is 31.1 Å². The van der Waals surface area contributed by atoms with Gasteiger partial charge in [-0.25, -0.2) is 8.42 Å². The van der Waals surface area contributed by atoms with Gasteiger partial charge in [-0.3, -0.25) is 9.10 Å². The first-order chi connectivity index (χ1) is 14.5. The van der Waals surface area contributed by atoms with E-state index in [0.717, 1.165) is 30.0 Å². The Labute approximate surface area is 177 Å². The SMILES string of the molecule is CN(C(=O)CN(c1ccc2c(c1)OCCO2)S(=O)(=O)c1ccccc1)C1CCCC1. The number of fused-ring (bicyclic) bond motifs is 1. The lowest BCUT2D eigenvalue weighted by atomic mass is 10.2. The Morgan fingerprint density at radius 1 is 1.00 bits per heavy atom. The number of hydrogen-bond donors (Lipinski definition) is 0. The maximum atomic E-state index is 13.5. The van der Waals surface area contributed by atoms with Crippen LogP contribution in [0.2, 0.25) is 0 Å². The quantitative estimate of drug-likeness (QED) is 0.704. The normalized spacial score (nSPS) is 16.3. The molecule has 30 heavy (non-hydrogen) atoms. The third kappa shape index (κ3) is 4.09. The number of carbonyl (C=O) groups excluding carboxylic acids is 1. The van der Waals surface area contributed by atoms with Crippen molar-refractivity contribution < 1.29 is 22.7 Å². The van der Waals surface area contributed by atoms with Crippen LogP contribution in [0.1, 0.15) is 25.7 Å². The summed E-state index contributed by atoms with van der Waals surface area (Å²) in [4.78, 5) is 14.9. The van der Waals surface area contributed by atoms with Crippen LogP contribution in [0.4, 0.5) is 5.69 Å². The Kier molecular flexibility index (Phi) is 5.85. The number of rotatable bonds is 6. The number of nitrogens with zero attached hydrogens (tertiary/aromatic N) is 2. The standard InChI is InChI=1S/C22H26N2O5S/c1-23(17-7-5-6-8-17)22(25)16-24(30(26,27)19-9-3-2-4-10-19)18-11-12-20-21(15-18)29-14-13-28-20/h2-4,9-12,15,17H,5-8,13-14,16H2,1H3. The van der Waals surface area contributed by atoms with Crippen LogP contribution in [0, 0.1) is 0 Å². The Morgan fingerprint density at radius 2 is 1.67 bits per heavy atom. The molecule has 0 spiro atoms. The number of sulfonamides is 1. The number of anilines is 1. The molecule has 0 radical (unpaired) electrons. The van der Waals surface area contributed by atoms with E-state index in [1.165, 1.54) is 12.1 Å². The molecule has 0 unspecified atom stereocenters. The second kappa shape index (κ2) is 8.55. The summed E-state index contributed by atoms with van der Waals surface area (Å²) in [5.41, 5.74) is 0.372. The average molecular weight is 431 g/mol. The topological polar surface area (TPSA) is 76.2 Å². The number of ether oxygens (including phenoxy) is 2. The maximum Gasteiger partial charge on any atom is 0.264 e. The number of benzene rings is 2. The largest absolute Gasteiger partial charge is 0.486 e. The van der Waals surface area contributed by atoms with E-state index < -0.39 is 10.0 Å². The van der Waals surface area contributed by atoms with E-state index in [-0.39, 0.29) is 23.4 Å². The van der Waals surface area contributed by atoms with Gasteiger partial charge < -0.3 is 14.4 Å². The number of likely N-dealkylation sites (N-methyl/N-ethyl adjacent to an activating group) is 1. The molecule has 2 aromatic rings. The number of carbonyl (C=O) groups is 1. The molecule has 1 saturated carbocycles. The minimum absolute atomic E-state index is 0.135. The van der Waals surface area contributed by atoms with Crippen molar-refractivity contribution >= 4 is 21.6 Å². The lowest BCUT2D eigenvalue weighted by molar-refractivity contribution is -0.130. The van der Waals surface area contributed by atoms with Crippen LogP contribution >= 0.6 is 0 Å². The van der Waals surface area contributed by atoms with E-state index in [2.05, 4.69) is 0 Å². The summed E-state index contributed by atoms with van der Waals surface area (Å²) in [5.74, 6) is 0.816. The molecule has 1 fully saturated rings. The molecule has 160 valence electrons. The molecule has 2 aliphatic rings.